The third-order valence-electron chi connectivity index (χ3n) is 3.58. The van der Waals surface area contributed by atoms with E-state index in [2.05, 4.69) is 33.4 Å². The van der Waals surface area contributed by atoms with Gasteiger partial charge in [0.15, 0.2) is 4.67 Å². The summed E-state index contributed by atoms with van der Waals surface area (Å²) in [5.74, 6) is 1.13. The van der Waals surface area contributed by atoms with Crippen LogP contribution in [0.15, 0.2) is 45.5 Å². The maximum Gasteiger partial charge on any atom is 0.227 e. The second-order valence-electron chi connectivity index (χ2n) is 5.12. The van der Waals surface area contributed by atoms with Gasteiger partial charge in [-0.1, -0.05) is 12.1 Å². The quantitative estimate of drug-likeness (QED) is 0.899. The van der Waals surface area contributed by atoms with Crippen LogP contribution in [0.25, 0.3) is 0 Å². The summed E-state index contributed by atoms with van der Waals surface area (Å²) < 4.78 is 6.18. The lowest BCUT2D eigenvalue weighted by Crippen LogP contribution is -2.23. The summed E-state index contributed by atoms with van der Waals surface area (Å²) >= 11 is 3.29. The fraction of sp³-hybridized carbons (Fsp3) is 0.312. The molecular weight excluding hydrogens is 332 g/mol. The number of anilines is 1. The molecule has 0 spiro atoms. The summed E-state index contributed by atoms with van der Waals surface area (Å²) in [6.45, 7) is 2.30. The second kappa shape index (κ2) is 6.45. The zero-order chi connectivity index (χ0) is 14.7. The lowest BCUT2D eigenvalue weighted by Gasteiger charge is -2.16. The number of carbonyl (C=O) groups excluding carboxylic acids is 1. The topological polar surface area (TPSA) is 45.5 Å². The van der Waals surface area contributed by atoms with Crippen molar-refractivity contribution in [3.63, 3.8) is 0 Å². The number of rotatable bonds is 5. The highest BCUT2D eigenvalue weighted by molar-refractivity contribution is 9.10. The molecule has 2 heterocycles. The fourth-order valence-corrected chi connectivity index (χ4v) is 2.83. The van der Waals surface area contributed by atoms with Gasteiger partial charge in [-0.3, -0.25) is 4.79 Å². The molecule has 1 aliphatic rings. The van der Waals surface area contributed by atoms with Crippen LogP contribution in [-0.2, 0) is 17.9 Å². The second-order valence-corrected chi connectivity index (χ2v) is 5.91. The maximum absolute atomic E-state index is 11.7. The van der Waals surface area contributed by atoms with E-state index < -0.39 is 0 Å². The fourth-order valence-electron chi connectivity index (χ4n) is 2.49. The molecule has 0 atom stereocenters. The van der Waals surface area contributed by atoms with Crippen molar-refractivity contribution in [1.29, 1.82) is 0 Å². The molecular formula is C16H17BrN2O2. The zero-order valence-corrected chi connectivity index (χ0v) is 13.2. The van der Waals surface area contributed by atoms with E-state index in [-0.39, 0.29) is 5.91 Å². The van der Waals surface area contributed by atoms with Gasteiger partial charge in [-0.15, -0.1) is 0 Å². The van der Waals surface area contributed by atoms with Crippen molar-refractivity contribution in [1.82, 2.24) is 5.32 Å². The Bertz CT molecular complexity index is 621. The minimum atomic E-state index is 0.226. The highest BCUT2D eigenvalue weighted by Gasteiger charge is 2.21. The molecule has 0 saturated carbocycles. The molecule has 0 bridgehead atoms. The summed E-state index contributed by atoms with van der Waals surface area (Å²) in [5.41, 5.74) is 2.19. The largest absolute Gasteiger partial charge is 0.453 e. The van der Waals surface area contributed by atoms with E-state index in [0.717, 1.165) is 35.6 Å². The molecule has 0 aliphatic carbocycles. The Morgan fingerprint density at radius 2 is 1.95 bits per heavy atom. The van der Waals surface area contributed by atoms with E-state index in [4.69, 9.17) is 4.42 Å². The van der Waals surface area contributed by atoms with Crippen LogP contribution in [0.2, 0.25) is 0 Å². The number of nitrogens with one attached hydrogen (secondary N) is 1. The van der Waals surface area contributed by atoms with Crippen molar-refractivity contribution in [3.05, 3.63) is 52.4 Å². The molecule has 0 radical (unpaired) electrons. The van der Waals surface area contributed by atoms with Gasteiger partial charge in [0, 0.05) is 25.2 Å². The molecule has 1 aromatic carbocycles. The predicted octanol–water partition coefficient (Wildman–Crippen LogP) is 3.46. The van der Waals surface area contributed by atoms with E-state index in [1.807, 2.05) is 29.2 Å². The molecule has 1 fully saturated rings. The van der Waals surface area contributed by atoms with Crippen LogP contribution in [-0.4, -0.2) is 12.5 Å². The molecule has 0 unspecified atom stereocenters. The van der Waals surface area contributed by atoms with Crippen LogP contribution in [0, 0.1) is 0 Å². The number of benzene rings is 1. The normalized spacial score (nSPS) is 14.9. The van der Waals surface area contributed by atoms with Crippen LogP contribution >= 0.6 is 15.9 Å². The Kier molecular flexibility index (Phi) is 4.41. The van der Waals surface area contributed by atoms with Gasteiger partial charge >= 0.3 is 0 Å². The van der Waals surface area contributed by atoms with E-state index in [1.54, 1.807) is 0 Å². The Hall–Kier alpha value is -1.59. The molecule has 3 rings (SSSR count). The number of nitrogens with zero attached hydrogens (tertiary/aromatic N) is 1. The number of hydrogen-bond donors (Lipinski definition) is 1. The molecule has 21 heavy (non-hydrogen) atoms. The van der Waals surface area contributed by atoms with Gasteiger partial charge in [0.2, 0.25) is 5.91 Å². The van der Waals surface area contributed by atoms with Crippen molar-refractivity contribution in [3.8, 4) is 0 Å². The zero-order valence-electron chi connectivity index (χ0n) is 11.6. The van der Waals surface area contributed by atoms with E-state index in [0.29, 0.717) is 13.0 Å². The molecule has 1 saturated heterocycles. The molecule has 1 amide bonds. The lowest BCUT2D eigenvalue weighted by atomic mass is 10.2. The average molecular weight is 349 g/mol. The van der Waals surface area contributed by atoms with E-state index in [9.17, 15) is 4.79 Å². The van der Waals surface area contributed by atoms with Crippen LogP contribution in [0.5, 0.6) is 0 Å². The maximum atomic E-state index is 11.7. The highest BCUT2D eigenvalue weighted by Crippen LogP contribution is 2.21. The third kappa shape index (κ3) is 3.54. The van der Waals surface area contributed by atoms with Gasteiger partial charge in [0.1, 0.15) is 5.76 Å². The first-order valence-corrected chi connectivity index (χ1v) is 7.86. The summed E-state index contributed by atoms with van der Waals surface area (Å²) in [4.78, 5) is 13.5. The standard InChI is InChI=1S/C16H17BrN2O2/c17-15-8-7-14(21-15)11-18-10-12-3-5-13(6-4-12)19-9-1-2-16(19)20/h3-8,18H,1-2,9-11H2. The Balaban J connectivity index is 1.53. The number of hydrogen-bond acceptors (Lipinski definition) is 3. The molecule has 1 aliphatic heterocycles. The van der Waals surface area contributed by atoms with Gasteiger partial charge in [-0.05, 0) is 52.2 Å². The van der Waals surface area contributed by atoms with Crippen molar-refractivity contribution in [2.75, 3.05) is 11.4 Å². The van der Waals surface area contributed by atoms with Crippen LogP contribution in [0.4, 0.5) is 5.69 Å². The first kappa shape index (κ1) is 14.4. The monoisotopic (exact) mass is 348 g/mol. The number of furan rings is 1. The summed E-state index contributed by atoms with van der Waals surface area (Å²) in [7, 11) is 0. The average Bonchev–Trinajstić information content (AvgIpc) is 3.09. The Morgan fingerprint density at radius 3 is 2.57 bits per heavy atom. The molecule has 2 aromatic rings. The smallest absolute Gasteiger partial charge is 0.227 e. The van der Waals surface area contributed by atoms with Crippen molar-refractivity contribution < 1.29 is 9.21 Å². The first-order chi connectivity index (χ1) is 10.2. The molecule has 4 nitrogen and oxygen atoms in total. The van der Waals surface area contributed by atoms with Crippen molar-refractivity contribution in [2.24, 2.45) is 0 Å². The minimum absolute atomic E-state index is 0.226. The van der Waals surface area contributed by atoms with Crippen LogP contribution < -0.4 is 10.2 Å². The molecule has 1 aromatic heterocycles. The van der Waals surface area contributed by atoms with E-state index in [1.165, 1.54) is 5.56 Å². The van der Waals surface area contributed by atoms with Crippen molar-refractivity contribution >= 4 is 27.5 Å². The molecule has 5 heteroatoms. The number of halogens is 1. The molecule has 110 valence electrons. The lowest BCUT2D eigenvalue weighted by molar-refractivity contribution is -0.117. The first-order valence-electron chi connectivity index (χ1n) is 7.06. The number of amides is 1. The minimum Gasteiger partial charge on any atom is -0.453 e. The summed E-state index contributed by atoms with van der Waals surface area (Å²) in [6.07, 6.45) is 1.63. The van der Waals surface area contributed by atoms with Crippen molar-refractivity contribution in [2.45, 2.75) is 25.9 Å². The van der Waals surface area contributed by atoms with E-state index >= 15 is 0 Å². The predicted molar refractivity (Wildman–Crippen MR) is 85.0 cm³/mol. The van der Waals surface area contributed by atoms with Crippen LogP contribution in [0.1, 0.15) is 24.2 Å². The Labute approximate surface area is 132 Å². The van der Waals surface area contributed by atoms with Gasteiger partial charge in [0.05, 0.1) is 6.54 Å². The van der Waals surface area contributed by atoms with Gasteiger partial charge in [-0.2, -0.15) is 0 Å². The van der Waals surface area contributed by atoms with Gasteiger partial charge in [0.25, 0.3) is 0 Å². The molecule has 1 N–H and O–H groups in total. The van der Waals surface area contributed by atoms with Gasteiger partial charge < -0.3 is 14.6 Å². The highest BCUT2D eigenvalue weighted by atomic mass is 79.9. The number of carbonyl (C=O) groups is 1. The van der Waals surface area contributed by atoms with Gasteiger partial charge in [-0.25, -0.2) is 0 Å². The Morgan fingerprint density at radius 1 is 1.14 bits per heavy atom. The third-order valence-corrected chi connectivity index (χ3v) is 4.00. The summed E-state index contributed by atoms with van der Waals surface area (Å²) in [5, 5.41) is 3.33. The SMILES string of the molecule is O=C1CCCN1c1ccc(CNCc2ccc(Br)o2)cc1. The summed E-state index contributed by atoms with van der Waals surface area (Å²) in [6, 6.07) is 12.0. The van der Waals surface area contributed by atoms with Crippen LogP contribution in [0.3, 0.4) is 0 Å².